The van der Waals surface area contributed by atoms with Gasteiger partial charge in [-0.2, -0.15) is 4.73 Å². The quantitative estimate of drug-likeness (QED) is 0.482. The van der Waals surface area contributed by atoms with Crippen molar-refractivity contribution in [1.29, 1.82) is 0 Å². The first-order valence-corrected chi connectivity index (χ1v) is 11.0. The van der Waals surface area contributed by atoms with Crippen LogP contribution in [0.5, 0.6) is 5.75 Å². The average molecular weight is 444 g/mol. The van der Waals surface area contributed by atoms with E-state index in [1.807, 2.05) is 30.3 Å². The van der Waals surface area contributed by atoms with Gasteiger partial charge in [0, 0.05) is 44.9 Å². The summed E-state index contributed by atoms with van der Waals surface area (Å²) in [7, 11) is 1.79. The second kappa shape index (κ2) is 8.46. The van der Waals surface area contributed by atoms with E-state index < -0.39 is 0 Å². The Kier molecular flexibility index (Phi) is 5.34. The topological polar surface area (TPSA) is 84.6 Å². The van der Waals surface area contributed by atoms with Crippen LogP contribution in [-0.2, 0) is 6.42 Å². The lowest BCUT2D eigenvalue weighted by molar-refractivity contribution is -0.577. The van der Waals surface area contributed by atoms with Crippen molar-refractivity contribution in [3.63, 3.8) is 0 Å². The Morgan fingerprint density at radius 2 is 2.12 bits per heavy atom. The molecule has 168 valence electrons. The van der Waals surface area contributed by atoms with Gasteiger partial charge in [-0.25, -0.2) is 4.98 Å². The first-order valence-electron chi connectivity index (χ1n) is 11.0. The van der Waals surface area contributed by atoms with Gasteiger partial charge in [0.15, 0.2) is 6.20 Å². The zero-order chi connectivity index (χ0) is 22.9. The molecule has 2 aliphatic heterocycles. The SMILES string of the molecule is CCN1CC=CC2=C1Nc1ncc(CCOc3cc[n+]([O-])c4ccccc34)cc1C(=O)N2C. The molecule has 1 amide bonds. The Balaban J connectivity index is 1.35. The van der Waals surface area contributed by atoms with Gasteiger partial charge in [0.05, 0.1) is 23.3 Å². The van der Waals surface area contributed by atoms with Gasteiger partial charge in [-0.1, -0.05) is 18.2 Å². The molecule has 4 heterocycles. The van der Waals surface area contributed by atoms with Gasteiger partial charge < -0.3 is 25.1 Å². The lowest BCUT2D eigenvalue weighted by Crippen LogP contribution is -2.34. The third kappa shape index (κ3) is 3.73. The monoisotopic (exact) mass is 443 g/mol. The van der Waals surface area contributed by atoms with Gasteiger partial charge in [0.1, 0.15) is 17.4 Å². The highest BCUT2D eigenvalue weighted by Gasteiger charge is 2.29. The van der Waals surface area contributed by atoms with Crippen LogP contribution < -0.4 is 14.8 Å². The summed E-state index contributed by atoms with van der Waals surface area (Å²) in [6, 6.07) is 10.9. The lowest BCUT2D eigenvalue weighted by Gasteiger charge is -2.31. The lowest BCUT2D eigenvalue weighted by atomic mass is 10.1. The van der Waals surface area contributed by atoms with E-state index in [2.05, 4.69) is 28.2 Å². The Morgan fingerprint density at radius 3 is 2.97 bits per heavy atom. The predicted molar refractivity (Wildman–Crippen MR) is 125 cm³/mol. The van der Waals surface area contributed by atoms with Crippen LogP contribution in [0.15, 0.2) is 72.5 Å². The molecule has 0 aliphatic carbocycles. The van der Waals surface area contributed by atoms with Crippen LogP contribution in [0.25, 0.3) is 10.9 Å². The number of para-hydroxylation sites is 1. The number of aromatic nitrogens is 2. The Labute approximate surface area is 192 Å². The highest BCUT2D eigenvalue weighted by atomic mass is 16.5. The second-order valence-electron chi connectivity index (χ2n) is 8.03. The average Bonchev–Trinajstić information content (AvgIpc) is 2.95. The summed E-state index contributed by atoms with van der Waals surface area (Å²) in [5.41, 5.74) is 2.83. The van der Waals surface area contributed by atoms with Crippen LogP contribution in [-0.4, -0.2) is 47.4 Å². The Hall–Kier alpha value is -4.07. The zero-order valence-electron chi connectivity index (χ0n) is 18.6. The molecule has 0 spiro atoms. The molecule has 1 N–H and O–H groups in total. The Morgan fingerprint density at radius 1 is 1.27 bits per heavy atom. The molecule has 0 bridgehead atoms. The van der Waals surface area contributed by atoms with Crippen molar-refractivity contribution in [1.82, 2.24) is 14.8 Å². The van der Waals surface area contributed by atoms with Crippen LogP contribution in [0.4, 0.5) is 5.82 Å². The number of rotatable bonds is 5. The molecule has 0 radical (unpaired) electrons. The maximum atomic E-state index is 13.2. The minimum atomic E-state index is -0.102. The second-order valence-corrected chi connectivity index (χ2v) is 8.03. The number of ether oxygens (including phenoxy) is 1. The molecule has 3 aromatic rings. The smallest absolute Gasteiger partial charge is 0.261 e. The van der Waals surface area contributed by atoms with Crippen LogP contribution in [0, 0.1) is 5.21 Å². The zero-order valence-corrected chi connectivity index (χ0v) is 18.6. The molecule has 8 heteroatoms. The van der Waals surface area contributed by atoms with Gasteiger partial charge in [-0.3, -0.25) is 4.79 Å². The van der Waals surface area contributed by atoms with E-state index in [-0.39, 0.29) is 5.91 Å². The largest absolute Gasteiger partial charge is 0.618 e. The number of likely N-dealkylation sites (N-methyl/N-ethyl adjacent to an activating group) is 2. The van der Waals surface area contributed by atoms with Crippen LogP contribution >= 0.6 is 0 Å². The highest BCUT2D eigenvalue weighted by Crippen LogP contribution is 2.29. The third-order valence-electron chi connectivity index (χ3n) is 6.04. The molecule has 33 heavy (non-hydrogen) atoms. The number of allylic oxidation sites excluding steroid dienone is 1. The molecule has 0 atom stereocenters. The van der Waals surface area contributed by atoms with Crippen molar-refractivity contribution in [2.24, 2.45) is 0 Å². The van der Waals surface area contributed by atoms with Gasteiger partial charge >= 0.3 is 0 Å². The Bertz CT molecular complexity index is 1300. The number of hydrogen-bond acceptors (Lipinski definition) is 6. The summed E-state index contributed by atoms with van der Waals surface area (Å²) >= 11 is 0. The third-order valence-corrected chi connectivity index (χ3v) is 6.04. The standard InChI is InChI=1S/C25H25N5O3/c1-3-29-12-6-9-21-24(29)27-23-19(25(31)28(21)2)15-17(16-26-23)11-14-33-22-10-13-30(32)20-8-5-4-7-18(20)22/h4-10,13,15-16H,3,11-12,14H2,1-2H3,(H,26,27). The normalized spacial score (nSPS) is 15.3. The molecule has 5 rings (SSSR count). The van der Waals surface area contributed by atoms with E-state index in [9.17, 15) is 10.0 Å². The summed E-state index contributed by atoms with van der Waals surface area (Å²) in [5.74, 6) is 2.00. The van der Waals surface area contributed by atoms with Crippen LogP contribution in [0.1, 0.15) is 22.8 Å². The van der Waals surface area contributed by atoms with Gasteiger partial charge in [-0.15, -0.1) is 0 Å². The number of benzene rings is 1. The molecular formula is C25H25N5O3. The first kappa shape index (κ1) is 20.8. The molecule has 8 nitrogen and oxygen atoms in total. The van der Waals surface area contributed by atoms with Crippen molar-refractivity contribution in [3.05, 3.63) is 88.8 Å². The molecule has 0 saturated heterocycles. The van der Waals surface area contributed by atoms with Crippen molar-refractivity contribution in [2.75, 3.05) is 32.1 Å². The van der Waals surface area contributed by atoms with Crippen molar-refractivity contribution >= 4 is 22.6 Å². The van der Waals surface area contributed by atoms with E-state index in [0.717, 1.165) is 40.3 Å². The summed E-state index contributed by atoms with van der Waals surface area (Å²) in [4.78, 5) is 21.6. The van der Waals surface area contributed by atoms with Gasteiger partial charge in [0.25, 0.3) is 5.91 Å². The molecule has 2 aliphatic rings. The fraction of sp³-hybridized carbons (Fsp3) is 0.240. The highest BCUT2D eigenvalue weighted by molar-refractivity contribution is 6.01. The van der Waals surface area contributed by atoms with Gasteiger partial charge in [-0.05, 0) is 30.7 Å². The van der Waals surface area contributed by atoms with E-state index in [1.54, 1.807) is 30.3 Å². The maximum Gasteiger partial charge on any atom is 0.261 e. The van der Waals surface area contributed by atoms with E-state index in [4.69, 9.17) is 4.74 Å². The maximum absolute atomic E-state index is 13.2. The number of nitrogens with zero attached hydrogens (tertiary/aromatic N) is 4. The summed E-state index contributed by atoms with van der Waals surface area (Å²) < 4.78 is 6.82. The van der Waals surface area contributed by atoms with Crippen molar-refractivity contribution < 1.29 is 14.3 Å². The molecular weight excluding hydrogens is 418 g/mol. The molecule has 1 aromatic carbocycles. The summed E-state index contributed by atoms with van der Waals surface area (Å²) in [5, 5.41) is 16.1. The minimum absolute atomic E-state index is 0.102. The van der Waals surface area contributed by atoms with Crippen molar-refractivity contribution in [2.45, 2.75) is 13.3 Å². The number of amides is 1. The fourth-order valence-corrected chi connectivity index (χ4v) is 4.22. The van der Waals surface area contributed by atoms with Crippen LogP contribution in [0.2, 0.25) is 0 Å². The number of hydrogen-bond donors (Lipinski definition) is 1. The molecule has 0 unspecified atom stereocenters. The van der Waals surface area contributed by atoms with Gasteiger partial charge in [0.2, 0.25) is 5.52 Å². The summed E-state index contributed by atoms with van der Waals surface area (Å²) in [6.07, 6.45) is 7.83. The minimum Gasteiger partial charge on any atom is -0.618 e. The fourth-order valence-electron chi connectivity index (χ4n) is 4.22. The van der Waals surface area contributed by atoms with E-state index in [1.165, 1.54) is 6.20 Å². The molecule has 0 fully saturated rings. The number of carbonyl (C=O) groups excluding carboxylic acids is 1. The summed E-state index contributed by atoms with van der Waals surface area (Å²) in [6.45, 7) is 4.09. The van der Waals surface area contributed by atoms with E-state index >= 15 is 0 Å². The van der Waals surface area contributed by atoms with E-state index in [0.29, 0.717) is 35.7 Å². The number of pyridine rings is 2. The van der Waals surface area contributed by atoms with Crippen molar-refractivity contribution in [3.8, 4) is 5.75 Å². The number of fused-ring (bicyclic) bond motifs is 2. The number of nitrogens with one attached hydrogen (secondary N) is 1. The van der Waals surface area contributed by atoms with Crippen LogP contribution in [0.3, 0.4) is 0 Å². The molecule has 0 saturated carbocycles. The first-order chi connectivity index (χ1) is 16.1. The molecule has 2 aromatic heterocycles. The number of carbonyl (C=O) groups is 1. The number of anilines is 1. The predicted octanol–water partition coefficient (Wildman–Crippen LogP) is 3.05.